The average Bonchev–Trinajstić information content (AvgIpc) is 2.91. The summed E-state index contributed by atoms with van der Waals surface area (Å²) in [6.07, 6.45) is 1.07. The second-order valence-electron chi connectivity index (χ2n) is 6.66. The minimum absolute atomic E-state index is 1.06. The quantitative estimate of drug-likeness (QED) is 0.653. The van der Waals surface area contributed by atoms with E-state index in [0.29, 0.717) is 0 Å². The third-order valence-electron chi connectivity index (χ3n) is 4.32. The molecule has 1 aromatic heterocycles. The molecule has 0 saturated heterocycles. The molecule has 1 N–H and O–H groups in total. The molecule has 0 radical (unpaired) electrons. The van der Waals surface area contributed by atoms with Crippen molar-refractivity contribution in [2.75, 3.05) is 20.6 Å². The molecule has 1 heterocycles. The Hall–Kier alpha value is -1.71. The lowest BCUT2D eigenvalue weighted by Gasteiger charge is -2.10. The highest BCUT2D eigenvalue weighted by Crippen LogP contribution is 2.29. The molecule has 0 aliphatic carbocycles. The Kier molecular flexibility index (Phi) is 5.64. The Balaban J connectivity index is 1.80. The predicted molar refractivity (Wildman–Crippen MR) is 107 cm³/mol. The summed E-state index contributed by atoms with van der Waals surface area (Å²) < 4.78 is 0. The van der Waals surface area contributed by atoms with Crippen LogP contribution in [0.4, 0.5) is 0 Å². The van der Waals surface area contributed by atoms with E-state index >= 15 is 0 Å². The Morgan fingerprint density at radius 1 is 1.00 bits per heavy atom. The fourth-order valence-electron chi connectivity index (χ4n) is 2.98. The summed E-state index contributed by atoms with van der Waals surface area (Å²) in [6, 6.07) is 17.5. The van der Waals surface area contributed by atoms with Gasteiger partial charge in [0.2, 0.25) is 0 Å². The monoisotopic (exact) mass is 338 g/mol. The molecule has 3 aromatic rings. The number of rotatable bonds is 7. The first-order valence-electron chi connectivity index (χ1n) is 8.50. The van der Waals surface area contributed by atoms with E-state index in [0.717, 1.165) is 24.5 Å². The van der Waals surface area contributed by atoms with Gasteiger partial charge in [-0.25, -0.2) is 0 Å². The van der Waals surface area contributed by atoms with Crippen LogP contribution in [-0.2, 0) is 17.9 Å². The van der Waals surface area contributed by atoms with E-state index in [1.807, 2.05) is 11.8 Å². The summed E-state index contributed by atoms with van der Waals surface area (Å²) >= 11 is 2.00. The maximum Gasteiger partial charge on any atom is 0.0459 e. The van der Waals surface area contributed by atoms with Crippen LogP contribution >= 0.6 is 11.8 Å². The van der Waals surface area contributed by atoms with E-state index in [1.54, 1.807) is 0 Å². The molecule has 0 aliphatic rings. The molecule has 0 atom stereocenters. The number of aromatic nitrogens is 1. The van der Waals surface area contributed by atoms with Crippen molar-refractivity contribution in [1.29, 1.82) is 0 Å². The van der Waals surface area contributed by atoms with Gasteiger partial charge in [-0.2, -0.15) is 11.8 Å². The van der Waals surface area contributed by atoms with Crippen molar-refractivity contribution in [3.63, 3.8) is 0 Å². The first-order chi connectivity index (χ1) is 11.6. The number of thioether (sulfide) groups is 1. The van der Waals surface area contributed by atoms with Gasteiger partial charge in [0.05, 0.1) is 0 Å². The maximum absolute atomic E-state index is 3.66. The van der Waals surface area contributed by atoms with E-state index in [2.05, 4.69) is 79.4 Å². The third-order valence-corrected chi connectivity index (χ3v) is 5.35. The van der Waals surface area contributed by atoms with Crippen molar-refractivity contribution in [3.8, 4) is 0 Å². The van der Waals surface area contributed by atoms with Crippen molar-refractivity contribution in [2.45, 2.75) is 24.9 Å². The fourth-order valence-corrected chi connectivity index (χ4v) is 4.04. The number of likely N-dealkylation sites (N-methyl/N-ethyl adjacent to an activating group) is 1. The highest BCUT2D eigenvalue weighted by molar-refractivity contribution is 7.97. The Labute approximate surface area is 149 Å². The number of aryl methyl sites for hydroxylation is 1. The lowest BCUT2D eigenvalue weighted by molar-refractivity contribution is 0.412. The third kappa shape index (κ3) is 4.22. The van der Waals surface area contributed by atoms with Crippen molar-refractivity contribution < 1.29 is 0 Å². The van der Waals surface area contributed by atoms with Crippen molar-refractivity contribution in [1.82, 2.24) is 9.88 Å². The topological polar surface area (TPSA) is 19.0 Å². The fraction of sp³-hybridized carbons (Fsp3) is 0.333. The molecular weight excluding hydrogens is 312 g/mol. The molecule has 3 heteroatoms. The van der Waals surface area contributed by atoms with Crippen LogP contribution in [0.25, 0.3) is 10.9 Å². The van der Waals surface area contributed by atoms with Crippen LogP contribution in [0.1, 0.15) is 22.4 Å². The van der Waals surface area contributed by atoms with Gasteiger partial charge in [-0.05, 0) is 44.3 Å². The SMILES string of the molecule is Cc1ccc2[nH]c(CCN(C)C)c(CSCc3ccccc3)c2c1. The summed E-state index contributed by atoms with van der Waals surface area (Å²) in [5.74, 6) is 2.12. The molecule has 0 unspecified atom stereocenters. The Morgan fingerprint density at radius 3 is 2.54 bits per heavy atom. The highest BCUT2D eigenvalue weighted by atomic mass is 32.2. The van der Waals surface area contributed by atoms with Crippen LogP contribution in [0.15, 0.2) is 48.5 Å². The van der Waals surface area contributed by atoms with Crippen molar-refractivity contribution in [3.05, 3.63) is 70.9 Å². The molecule has 2 aromatic carbocycles. The molecule has 0 spiro atoms. The molecule has 0 amide bonds. The zero-order chi connectivity index (χ0) is 16.9. The van der Waals surface area contributed by atoms with E-state index in [4.69, 9.17) is 0 Å². The van der Waals surface area contributed by atoms with Gasteiger partial charge >= 0.3 is 0 Å². The highest BCUT2D eigenvalue weighted by Gasteiger charge is 2.12. The van der Waals surface area contributed by atoms with Gasteiger partial charge < -0.3 is 9.88 Å². The maximum atomic E-state index is 3.66. The van der Waals surface area contributed by atoms with Gasteiger partial charge in [-0.3, -0.25) is 0 Å². The van der Waals surface area contributed by atoms with Gasteiger partial charge in [-0.15, -0.1) is 0 Å². The lowest BCUT2D eigenvalue weighted by Crippen LogP contribution is -2.15. The molecule has 0 bridgehead atoms. The second-order valence-corrected chi connectivity index (χ2v) is 7.65. The first kappa shape index (κ1) is 17.1. The van der Waals surface area contributed by atoms with Gasteiger partial charge in [0.25, 0.3) is 0 Å². The molecule has 126 valence electrons. The standard InChI is InChI=1S/C21H26N2S/c1-16-9-10-20-18(13-16)19(21(22-20)11-12-23(2)3)15-24-14-17-7-5-4-6-8-17/h4-10,13,22H,11-12,14-15H2,1-3H3. The molecule has 3 rings (SSSR count). The number of hydrogen-bond donors (Lipinski definition) is 1. The number of nitrogens with one attached hydrogen (secondary N) is 1. The van der Waals surface area contributed by atoms with Gasteiger partial charge in [-0.1, -0.05) is 42.0 Å². The van der Waals surface area contributed by atoms with E-state index < -0.39 is 0 Å². The van der Waals surface area contributed by atoms with Crippen LogP contribution in [0.5, 0.6) is 0 Å². The van der Waals surface area contributed by atoms with Gasteiger partial charge in [0.15, 0.2) is 0 Å². The normalized spacial score (nSPS) is 11.5. The first-order valence-corrected chi connectivity index (χ1v) is 9.65. The Bertz CT molecular complexity index is 790. The predicted octanol–water partition coefficient (Wildman–Crippen LogP) is 5.01. The number of fused-ring (bicyclic) bond motifs is 1. The molecule has 2 nitrogen and oxygen atoms in total. The summed E-state index contributed by atoms with van der Waals surface area (Å²) in [6.45, 7) is 3.25. The van der Waals surface area contributed by atoms with Crippen LogP contribution in [0.3, 0.4) is 0 Å². The van der Waals surface area contributed by atoms with Crippen LogP contribution in [0.2, 0.25) is 0 Å². The lowest BCUT2D eigenvalue weighted by atomic mass is 10.1. The average molecular weight is 339 g/mol. The van der Waals surface area contributed by atoms with Crippen molar-refractivity contribution in [2.24, 2.45) is 0 Å². The number of aromatic amines is 1. The van der Waals surface area contributed by atoms with E-state index in [-0.39, 0.29) is 0 Å². The summed E-state index contributed by atoms with van der Waals surface area (Å²) in [5, 5.41) is 1.39. The number of nitrogens with zero attached hydrogens (tertiary/aromatic N) is 1. The number of hydrogen-bond acceptors (Lipinski definition) is 2. The number of H-pyrrole nitrogens is 1. The smallest absolute Gasteiger partial charge is 0.0459 e. The van der Waals surface area contributed by atoms with E-state index in [9.17, 15) is 0 Å². The van der Waals surface area contributed by atoms with Crippen LogP contribution < -0.4 is 0 Å². The van der Waals surface area contributed by atoms with Crippen LogP contribution in [0, 0.1) is 6.92 Å². The zero-order valence-electron chi connectivity index (χ0n) is 14.8. The van der Waals surface area contributed by atoms with Crippen LogP contribution in [-0.4, -0.2) is 30.5 Å². The number of benzene rings is 2. The molecular formula is C21H26N2S. The largest absolute Gasteiger partial charge is 0.358 e. The molecule has 0 aliphatic heterocycles. The van der Waals surface area contributed by atoms with Gasteiger partial charge in [0.1, 0.15) is 0 Å². The summed E-state index contributed by atoms with van der Waals surface area (Å²) in [5.41, 5.74) is 6.87. The van der Waals surface area contributed by atoms with E-state index in [1.165, 1.54) is 33.3 Å². The molecule has 24 heavy (non-hydrogen) atoms. The summed E-state index contributed by atoms with van der Waals surface area (Å²) in [7, 11) is 4.27. The van der Waals surface area contributed by atoms with Crippen molar-refractivity contribution >= 4 is 22.7 Å². The molecule has 0 fully saturated rings. The summed E-state index contributed by atoms with van der Waals surface area (Å²) in [4.78, 5) is 5.90. The second kappa shape index (κ2) is 7.91. The Morgan fingerprint density at radius 2 is 1.79 bits per heavy atom. The minimum Gasteiger partial charge on any atom is -0.358 e. The van der Waals surface area contributed by atoms with Gasteiger partial charge in [0, 0.05) is 41.1 Å². The minimum atomic E-state index is 1.06. The molecule has 0 saturated carbocycles. The zero-order valence-corrected chi connectivity index (χ0v) is 15.6.